The number of piperidine rings is 2. The molecule has 70 heavy (non-hydrogen) atoms. The van der Waals surface area contributed by atoms with Crippen molar-refractivity contribution in [2.75, 3.05) is 45.9 Å². The lowest BCUT2D eigenvalue weighted by atomic mass is 9.82. The van der Waals surface area contributed by atoms with Crippen LogP contribution in [-0.4, -0.2) is 97.0 Å². The third-order valence-electron chi connectivity index (χ3n) is 18.3. The highest BCUT2D eigenvalue weighted by Crippen LogP contribution is 2.38. The maximum atomic E-state index is 5.54. The van der Waals surface area contributed by atoms with Crippen LogP contribution in [0.4, 0.5) is 0 Å². The molecular formula is C65H131N3O2. The Morgan fingerprint density at radius 3 is 0.871 bits per heavy atom. The van der Waals surface area contributed by atoms with Gasteiger partial charge in [0.1, 0.15) is 0 Å². The van der Waals surface area contributed by atoms with Crippen LogP contribution >= 0.6 is 0 Å². The Labute approximate surface area is 442 Å². The fraction of sp³-hybridized carbons (Fsp3) is 1.00. The summed E-state index contributed by atoms with van der Waals surface area (Å²) in [6, 6.07) is 3.29. The zero-order valence-electron chi connectivity index (χ0n) is 50.9. The van der Waals surface area contributed by atoms with E-state index in [-0.39, 0.29) is 0 Å². The highest BCUT2D eigenvalue weighted by atomic mass is 16.5. The number of hydrogen-bond acceptors (Lipinski definition) is 5. The van der Waals surface area contributed by atoms with E-state index >= 15 is 0 Å². The van der Waals surface area contributed by atoms with Crippen LogP contribution in [0.2, 0.25) is 0 Å². The zero-order chi connectivity index (χ0) is 51.8. The zero-order valence-corrected chi connectivity index (χ0v) is 50.9. The van der Waals surface area contributed by atoms with Gasteiger partial charge in [0.2, 0.25) is 0 Å². The van der Waals surface area contributed by atoms with Crippen molar-refractivity contribution < 1.29 is 9.47 Å². The SMILES string of the molecule is CC(C)C1CCCC1.CC(C)C1CCCCC1.CC(C)C1CCCCC1.CC(C)C1CCCCO1.CC(C)C1CCCO1.CC(C)N1CCCC1.CC(C)N1CCCCC1.CC(C)N1C[C@H]2CC[C@@H]1C2. The van der Waals surface area contributed by atoms with Gasteiger partial charge in [-0.3, -0.25) is 4.90 Å². The van der Waals surface area contributed by atoms with Gasteiger partial charge in [0, 0.05) is 43.9 Å². The minimum atomic E-state index is 0.554. The monoisotopic (exact) mass is 986 g/mol. The number of fused-ring (bicyclic) bond motifs is 2. The van der Waals surface area contributed by atoms with E-state index in [9.17, 15) is 0 Å². The topological polar surface area (TPSA) is 28.2 Å². The summed E-state index contributed by atoms with van der Waals surface area (Å²) in [5.41, 5.74) is 0. The summed E-state index contributed by atoms with van der Waals surface area (Å²) < 4.78 is 11.0. The Bertz CT molecular complexity index is 1010. The molecule has 0 aromatic heterocycles. The van der Waals surface area contributed by atoms with E-state index in [2.05, 4.69) is 125 Å². The predicted molar refractivity (Wildman–Crippen MR) is 311 cm³/mol. The van der Waals surface area contributed by atoms with Crippen molar-refractivity contribution in [3.05, 3.63) is 0 Å². The highest BCUT2D eigenvalue weighted by molar-refractivity contribution is 4.93. The van der Waals surface area contributed by atoms with Crippen molar-refractivity contribution >= 4 is 0 Å². The normalized spacial score (nSPS) is 26.9. The second-order valence-electron chi connectivity index (χ2n) is 26.7. The fourth-order valence-corrected chi connectivity index (χ4v) is 12.9. The molecule has 4 saturated carbocycles. The number of nitrogens with zero attached hydrogens (tertiary/aromatic N) is 3. The van der Waals surface area contributed by atoms with Gasteiger partial charge in [0.15, 0.2) is 0 Å². The van der Waals surface area contributed by atoms with E-state index in [1.165, 1.54) is 206 Å². The van der Waals surface area contributed by atoms with Gasteiger partial charge < -0.3 is 19.3 Å². The van der Waals surface area contributed by atoms with Crippen molar-refractivity contribution in [1.82, 2.24) is 14.7 Å². The maximum absolute atomic E-state index is 5.54. The summed E-state index contributed by atoms with van der Waals surface area (Å²) in [6.45, 7) is 45.5. The number of likely N-dealkylation sites (tertiary alicyclic amines) is 3. The number of hydrogen-bond donors (Lipinski definition) is 0. The van der Waals surface area contributed by atoms with Gasteiger partial charge in [0.25, 0.3) is 0 Å². The molecule has 5 aliphatic heterocycles. The molecule has 5 heterocycles. The minimum Gasteiger partial charge on any atom is -0.378 e. The molecule has 9 rings (SSSR count). The molecule has 2 bridgehead atoms. The summed E-state index contributed by atoms with van der Waals surface area (Å²) in [4.78, 5) is 7.76. The maximum Gasteiger partial charge on any atom is 0.0598 e. The van der Waals surface area contributed by atoms with Crippen LogP contribution in [0.15, 0.2) is 0 Å². The molecule has 2 unspecified atom stereocenters. The smallest absolute Gasteiger partial charge is 0.0598 e. The summed E-state index contributed by atoms with van der Waals surface area (Å²) in [5, 5.41) is 0. The quantitative estimate of drug-likeness (QED) is 0.242. The van der Waals surface area contributed by atoms with Crippen LogP contribution in [0.25, 0.3) is 0 Å². The lowest BCUT2D eigenvalue weighted by molar-refractivity contribution is -0.0115. The van der Waals surface area contributed by atoms with Crippen LogP contribution in [0, 0.1) is 53.3 Å². The van der Waals surface area contributed by atoms with Crippen LogP contribution in [-0.2, 0) is 9.47 Å². The average Bonchev–Trinajstić information content (AvgIpc) is 4.24. The van der Waals surface area contributed by atoms with Gasteiger partial charge >= 0.3 is 0 Å². The Morgan fingerprint density at radius 2 is 0.657 bits per heavy atom. The Hall–Kier alpha value is -0.200. The van der Waals surface area contributed by atoms with Crippen LogP contribution in [0.1, 0.15) is 284 Å². The minimum absolute atomic E-state index is 0.554. The Balaban J connectivity index is 0.000000275. The first-order valence-corrected chi connectivity index (χ1v) is 31.9. The summed E-state index contributed by atoms with van der Waals surface area (Å²) in [5.74, 6) is 8.48. The van der Waals surface area contributed by atoms with Crippen LogP contribution in [0.5, 0.6) is 0 Å². The van der Waals surface area contributed by atoms with E-state index in [4.69, 9.17) is 9.47 Å². The summed E-state index contributed by atoms with van der Waals surface area (Å²) >= 11 is 0. The second kappa shape index (κ2) is 39.2. The third-order valence-corrected chi connectivity index (χ3v) is 18.3. The molecule has 0 amide bonds. The number of ether oxygens (including phenoxy) is 2. The van der Waals surface area contributed by atoms with Crippen molar-refractivity contribution in [3.8, 4) is 0 Å². The standard InChI is InChI=1S/C9H17N.2C9H18.C8H17N.C8H16O.C8H16.C7H15N.C7H14O/c1-7(2)10-6-8-3-4-9(10)5-8;3*1-8(2)9-6-4-3-5-7-9;1-7(2)8-5-3-4-6-9-8;2*1-7(2)8-5-3-4-6-8;1-6(2)7-4-3-5-8-7/h7-9H,3-6H2,1-2H3;2*8-9H,3-7H2,1-2H3;8H,3-7H2,1-2H3;7-8H,3-6H2,1-2H3;7-8H,3-6H2,1-2H3;7H,3-6H2,1-2H3;6-7H,3-5H2,1-2H3/t8-,9+;;;;;;;/m0......./s1. The Kier molecular flexibility index (Phi) is 36.9. The van der Waals surface area contributed by atoms with Crippen LogP contribution in [0.3, 0.4) is 0 Å². The van der Waals surface area contributed by atoms with Crippen molar-refractivity contribution in [2.45, 2.75) is 321 Å². The molecule has 0 N–H and O–H groups in total. The molecule has 418 valence electrons. The first-order valence-electron chi connectivity index (χ1n) is 31.9. The second-order valence-corrected chi connectivity index (χ2v) is 26.7. The molecule has 0 aromatic carbocycles. The molecular weight excluding hydrogens is 855 g/mol. The highest BCUT2D eigenvalue weighted by Gasteiger charge is 2.38. The van der Waals surface area contributed by atoms with Gasteiger partial charge in [-0.2, -0.15) is 0 Å². The van der Waals surface area contributed by atoms with E-state index in [0.29, 0.717) is 18.1 Å². The molecule has 9 aliphatic rings. The summed E-state index contributed by atoms with van der Waals surface area (Å²) in [7, 11) is 0. The first-order chi connectivity index (χ1) is 33.4. The largest absolute Gasteiger partial charge is 0.378 e. The molecule has 5 saturated heterocycles. The molecule has 0 radical (unpaired) electrons. The van der Waals surface area contributed by atoms with Gasteiger partial charge in [-0.25, -0.2) is 0 Å². The van der Waals surface area contributed by atoms with E-state index in [1.54, 1.807) is 0 Å². The number of rotatable bonds is 8. The lowest BCUT2D eigenvalue weighted by Crippen LogP contribution is -2.37. The molecule has 5 nitrogen and oxygen atoms in total. The van der Waals surface area contributed by atoms with E-state index in [1.807, 2.05) is 0 Å². The fourth-order valence-electron chi connectivity index (χ4n) is 12.9. The first kappa shape index (κ1) is 65.9. The Morgan fingerprint density at radius 1 is 0.314 bits per heavy atom. The molecule has 9 fully saturated rings. The van der Waals surface area contributed by atoms with Crippen molar-refractivity contribution in [2.24, 2.45) is 53.3 Å². The van der Waals surface area contributed by atoms with Crippen LogP contribution < -0.4 is 0 Å². The van der Waals surface area contributed by atoms with E-state index < -0.39 is 0 Å². The molecule has 0 spiro atoms. The van der Waals surface area contributed by atoms with Crippen molar-refractivity contribution in [1.29, 1.82) is 0 Å². The van der Waals surface area contributed by atoms with Gasteiger partial charge in [-0.1, -0.05) is 166 Å². The molecule has 0 aromatic rings. The molecule has 5 heteroatoms. The molecule has 4 atom stereocenters. The van der Waals surface area contributed by atoms with Gasteiger partial charge in [-0.05, 0) is 198 Å². The van der Waals surface area contributed by atoms with Crippen molar-refractivity contribution in [3.63, 3.8) is 0 Å². The van der Waals surface area contributed by atoms with Gasteiger partial charge in [0.05, 0.1) is 12.2 Å². The summed E-state index contributed by atoms with van der Waals surface area (Å²) in [6.07, 6.45) is 40.1. The predicted octanol–water partition coefficient (Wildman–Crippen LogP) is 18.6. The lowest BCUT2D eigenvalue weighted by Gasteiger charge is -2.30. The third kappa shape index (κ3) is 29.2. The van der Waals surface area contributed by atoms with Gasteiger partial charge in [-0.15, -0.1) is 0 Å². The molecule has 4 aliphatic carbocycles. The van der Waals surface area contributed by atoms with E-state index in [0.717, 1.165) is 84.7 Å². The average molecular weight is 987 g/mol.